The summed E-state index contributed by atoms with van der Waals surface area (Å²) in [4.78, 5) is 19.6. The molecule has 2 heterocycles. The molecule has 1 aliphatic heterocycles. The molecule has 30 heavy (non-hydrogen) atoms. The first-order valence-corrected chi connectivity index (χ1v) is 12.9. The molecule has 8 heteroatoms. The fraction of sp³-hybridized carbons (Fsp3) is 0.364. The number of hydrogen-bond acceptors (Lipinski definition) is 5. The van der Waals surface area contributed by atoms with Crippen molar-refractivity contribution in [3.05, 3.63) is 60.2 Å². The summed E-state index contributed by atoms with van der Waals surface area (Å²) in [5.74, 6) is 0.367. The van der Waals surface area contributed by atoms with E-state index < -0.39 is 9.84 Å². The van der Waals surface area contributed by atoms with E-state index in [2.05, 4.69) is 16.5 Å². The topological polar surface area (TPSA) is 72.3 Å². The van der Waals surface area contributed by atoms with Gasteiger partial charge in [-0.1, -0.05) is 54.2 Å². The van der Waals surface area contributed by atoms with Gasteiger partial charge in [0.1, 0.15) is 0 Å². The summed E-state index contributed by atoms with van der Waals surface area (Å²) < 4.78 is 26.2. The number of imidazole rings is 1. The largest absolute Gasteiger partial charge is 0.334 e. The van der Waals surface area contributed by atoms with E-state index in [9.17, 15) is 13.2 Å². The molecule has 4 rings (SSSR count). The molecule has 1 aliphatic rings. The first kappa shape index (κ1) is 20.9. The van der Waals surface area contributed by atoms with Crippen LogP contribution in [0.15, 0.2) is 59.8 Å². The van der Waals surface area contributed by atoms with Crippen LogP contribution in [0, 0.1) is 0 Å². The Morgan fingerprint density at radius 1 is 1.17 bits per heavy atom. The Bertz CT molecular complexity index is 1140. The van der Waals surface area contributed by atoms with E-state index in [0.717, 1.165) is 28.3 Å². The summed E-state index contributed by atoms with van der Waals surface area (Å²) in [5, 5.41) is 0.811. The minimum Gasteiger partial charge on any atom is -0.334 e. The van der Waals surface area contributed by atoms with Crippen LogP contribution < -0.4 is 0 Å². The van der Waals surface area contributed by atoms with Gasteiger partial charge in [-0.05, 0) is 31.0 Å². The normalized spacial score (nSPS) is 18.0. The Morgan fingerprint density at radius 2 is 1.90 bits per heavy atom. The van der Waals surface area contributed by atoms with Gasteiger partial charge in [0.15, 0.2) is 15.0 Å². The van der Waals surface area contributed by atoms with Crippen LogP contribution in [0.3, 0.4) is 0 Å². The summed E-state index contributed by atoms with van der Waals surface area (Å²) in [6.07, 6.45) is 0.499. The second-order valence-electron chi connectivity index (χ2n) is 7.48. The maximum Gasteiger partial charge on any atom is 0.233 e. The lowest BCUT2D eigenvalue weighted by atomic mass is 10.1. The number of thioether (sulfide) groups is 1. The Kier molecular flexibility index (Phi) is 6.15. The van der Waals surface area contributed by atoms with Crippen molar-refractivity contribution in [2.75, 3.05) is 17.3 Å². The molecule has 1 aromatic heterocycles. The van der Waals surface area contributed by atoms with E-state index in [1.165, 1.54) is 11.8 Å². The molecule has 6 nitrogen and oxygen atoms in total. The fourth-order valence-electron chi connectivity index (χ4n) is 3.90. The van der Waals surface area contributed by atoms with Gasteiger partial charge in [-0.2, -0.15) is 0 Å². The number of sulfone groups is 1. The van der Waals surface area contributed by atoms with Crippen molar-refractivity contribution < 1.29 is 13.2 Å². The number of amides is 1. The number of hydrogen-bond donors (Lipinski definition) is 0. The number of rotatable bonds is 7. The van der Waals surface area contributed by atoms with Gasteiger partial charge in [-0.25, -0.2) is 13.4 Å². The Hall–Kier alpha value is -2.32. The van der Waals surface area contributed by atoms with Gasteiger partial charge in [0, 0.05) is 19.1 Å². The summed E-state index contributed by atoms with van der Waals surface area (Å²) in [6, 6.07) is 17.4. The molecule has 3 aromatic rings. The van der Waals surface area contributed by atoms with Crippen molar-refractivity contribution in [3.8, 4) is 0 Å². The number of para-hydroxylation sites is 2. The Labute approximate surface area is 181 Å². The Balaban J connectivity index is 1.53. The zero-order valence-corrected chi connectivity index (χ0v) is 18.5. The summed E-state index contributed by atoms with van der Waals surface area (Å²) in [5.41, 5.74) is 2.97. The zero-order valence-electron chi connectivity index (χ0n) is 16.9. The van der Waals surface area contributed by atoms with Crippen LogP contribution in [0.5, 0.6) is 0 Å². The van der Waals surface area contributed by atoms with E-state index in [1.807, 2.05) is 54.6 Å². The molecule has 158 valence electrons. The third-order valence-corrected chi connectivity index (χ3v) is 8.14. The lowest BCUT2D eigenvalue weighted by Gasteiger charge is -2.28. The van der Waals surface area contributed by atoms with Gasteiger partial charge >= 0.3 is 0 Å². The number of nitrogens with zero attached hydrogens (tertiary/aromatic N) is 3. The quantitative estimate of drug-likeness (QED) is 0.524. The molecule has 0 N–H and O–H groups in total. The van der Waals surface area contributed by atoms with Crippen molar-refractivity contribution in [2.24, 2.45) is 0 Å². The molecule has 1 saturated heterocycles. The van der Waals surface area contributed by atoms with Crippen LogP contribution >= 0.6 is 11.8 Å². The predicted molar refractivity (Wildman–Crippen MR) is 120 cm³/mol. The van der Waals surface area contributed by atoms with E-state index >= 15 is 0 Å². The summed E-state index contributed by atoms with van der Waals surface area (Å²) in [7, 11) is -3.08. The molecule has 2 aromatic carbocycles. The van der Waals surface area contributed by atoms with Gasteiger partial charge in [-0.3, -0.25) is 4.79 Å². The first-order valence-electron chi connectivity index (χ1n) is 10.1. The van der Waals surface area contributed by atoms with Crippen molar-refractivity contribution in [1.29, 1.82) is 0 Å². The van der Waals surface area contributed by atoms with E-state index in [1.54, 1.807) is 4.90 Å². The van der Waals surface area contributed by atoms with E-state index in [4.69, 9.17) is 0 Å². The molecule has 0 saturated carbocycles. The summed E-state index contributed by atoms with van der Waals surface area (Å²) in [6.45, 7) is 3.25. The highest BCUT2D eigenvalue weighted by atomic mass is 32.2. The number of fused-ring (bicyclic) bond motifs is 1. The molecule has 1 amide bonds. The average molecular weight is 444 g/mol. The maximum atomic E-state index is 13.2. The molecule has 1 fully saturated rings. The van der Waals surface area contributed by atoms with Gasteiger partial charge in [-0.15, -0.1) is 0 Å². The van der Waals surface area contributed by atoms with E-state index in [0.29, 0.717) is 13.0 Å². The van der Waals surface area contributed by atoms with Crippen molar-refractivity contribution in [2.45, 2.75) is 37.6 Å². The summed E-state index contributed by atoms with van der Waals surface area (Å²) >= 11 is 1.41. The van der Waals surface area contributed by atoms with Crippen LogP contribution in [0.1, 0.15) is 18.9 Å². The van der Waals surface area contributed by atoms with Gasteiger partial charge in [0.25, 0.3) is 0 Å². The molecule has 1 atom stereocenters. The van der Waals surface area contributed by atoms with Crippen LogP contribution in [-0.2, 0) is 27.7 Å². The maximum absolute atomic E-state index is 13.2. The number of carbonyl (C=O) groups is 1. The van der Waals surface area contributed by atoms with Crippen LogP contribution in [0.25, 0.3) is 11.0 Å². The van der Waals surface area contributed by atoms with E-state index in [-0.39, 0.29) is 29.2 Å². The van der Waals surface area contributed by atoms with Crippen molar-refractivity contribution in [1.82, 2.24) is 14.5 Å². The lowest BCUT2D eigenvalue weighted by Crippen LogP contribution is -2.41. The van der Waals surface area contributed by atoms with Crippen LogP contribution in [0.2, 0.25) is 0 Å². The number of aromatic nitrogens is 2. The number of benzene rings is 2. The molecular formula is C22H25N3O3S2. The third kappa shape index (κ3) is 4.54. The molecular weight excluding hydrogens is 418 g/mol. The minimum absolute atomic E-state index is 0.0454. The monoisotopic (exact) mass is 443 g/mol. The third-order valence-electron chi connectivity index (χ3n) is 5.43. The van der Waals surface area contributed by atoms with Gasteiger partial charge < -0.3 is 9.47 Å². The predicted octanol–water partition coefficient (Wildman–Crippen LogP) is 3.36. The molecule has 0 unspecified atom stereocenters. The van der Waals surface area contributed by atoms with Crippen molar-refractivity contribution in [3.63, 3.8) is 0 Å². The highest BCUT2D eigenvalue weighted by Crippen LogP contribution is 2.26. The van der Waals surface area contributed by atoms with Gasteiger partial charge in [0.2, 0.25) is 5.91 Å². The standard InChI is InChI=1S/C22H25N3O3S2/c1-2-24-20-11-7-6-10-19(20)23-22(24)29-15-21(26)25(14-17-8-4-3-5-9-17)18-12-13-30(27,28)16-18/h3-11,18H,2,12-16H2,1H3/t18-/m0/s1. The van der Waals surface area contributed by atoms with Crippen LogP contribution in [0.4, 0.5) is 0 Å². The second kappa shape index (κ2) is 8.81. The van der Waals surface area contributed by atoms with Crippen LogP contribution in [-0.4, -0.2) is 52.1 Å². The molecule has 0 aliphatic carbocycles. The molecule has 0 bridgehead atoms. The highest BCUT2D eigenvalue weighted by Gasteiger charge is 2.34. The second-order valence-corrected chi connectivity index (χ2v) is 10.7. The highest BCUT2D eigenvalue weighted by molar-refractivity contribution is 7.99. The lowest BCUT2D eigenvalue weighted by molar-refractivity contribution is -0.130. The average Bonchev–Trinajstić information content (AvgIpc) is 3.29. The van der Waals surface area contributed by atoms with Crippen molar-refractivity contribution >= 4 is 38.5 Å². The minimum atomic E-state index is -3.08. The SMILES string of the molecule is CCn1c(SCC(=O)N(Cc2ccccc2)[C@H]2CCS(=O)(=O)C2)nc2ccccc21. The van der Waals surface area contributed by atoms with Gasteiger partial charge in [0.05, 0.1) is 28.3 Å². The first-order chi connectivity index (χ1) is 14.5. The smallest absolute Gasteiger partial charge is 0.233 e. The fourth-order valence-corrected chi connectivity index (χ4v) is 6.60. The number of aryl methyl sites for hydroxylation is 1. The zero-order chi connectivity index (χ0) is 21.1. The molecule has 0 radical (unpaired) electrons. The molecule has 0 spiro atoms. The Morgan fingerprint density at radius 3 is 2.60 bits per heavy atom. The number of carbonyl (C=O) groups excluding carboxylic acids is 1.